The molecule has 0 saturated carbocycles. The number of esters is 1. The van der Waals surface area contributed by atoms with Crippen LogP contribution in [0.25, 0.3) is 10.9 Å². The highest BCUT2D eigenvalue weighted by Gasteiger charge is 2.27. The molecule has 0 saturated heterocycles. The van der Waals surface area contributed by atoms with Gasteiger partial charge in [-0.15, -0.1) is 0 Å². The van der Waals surface area contributed by atoms with Crippen LogP contribution < -0.4 is 10.1 Å². The van der Waals surface area contributed by atoms with Gasteiger partial charge in [0, 0.05) is 29.1 Å². The maximum absolute atomic E-state index is 14.0. The first-order valence-electron chi connectivity index (χ1n) is 11.4. The van der Waals surface area contributed by atoms with Gasteiger partial charge in [-0.1, -0.05) is 12.1 Å². The Morgan fingerprint density at radius 1 is 1.18 bits per heavy atom. The minimum atomic E-state index is -0.316. The van der Waals surface area contributed by atoms with Gasteiger partial charge in [-0.25, -0.2) is 4.39 Å². The third kappa shape index (κ3) is 5.18. The summed E-state index contributed by atoms with van der Waals surface area (Å²) in [6.45, 7) is 2.20. The molecule has 1 aromatic heterocycles. The molecular formula is C26H29FN2O4. The smallest absolute Gasteiger partial charge is 0.325 e. The molecule has 4 rings (SSSR count). The predicted molar refractivity (Wildman–Crippen MR) is 124 cm³/mol. The lowest BCUT2D eigenvalue weighted by Crippen LogP contribution is -2.39. The van der Waals surface area contributed by atoms with E-state index in [1.807, 2.05) is 28.8 Å². The standard InChI is InChI=1S/C26H29FN2O4/c1-3-33-26(31)16-29-23-11-7-18(27)14-21(23)22-15-19(8-12-24(22)29)28-25(30)13-6-17-4-9-20(32-2)10-5-17/h4-5,7,9-11,14,19H,3,6,8,12-13,15-16H2,1-2H3,(H,28,30)/t19-/m0/s1. The van der Waals surface area contributed by atoms with E-state index in [2.05, 4.69) is 5.32 Å². The number of hydrogen-bond donors (Lipinski definition) is 1. The SMILES string of the molecule is CCOC(=O)Cn1c2c(c3cc(F)ccc31)C[C@@H](NC(=O)CCc1ccc(OC)cc1)CC2. The molecule has 6 nitrogen and oxygen atoms in total. The first-order chi connectivity index (χ1) is 16.0. The predicted octanol–water partition coefficient (Wildman–Crippen LogP) is 3.96. The number of hydrogen-bond acceptors (Lipinski definition) is 4. The molecule has 0 radical (unpaired) electrons. The summed E-state index contributed by atoms with van der Waals surface area (Å²) < 4.78 is 26.3. The van der Waals surface area contributed by atoms with Crippen molar-refractivity contribution in [1.82, 2.24) is 9.88 Å². The maximum atomic E-state index is 14.0. The van der Waals surface area contributed by atoms with E-state index in [-0.39, 0.29) is 30.3 Å². The molecule has 0 bridgehead atoms. The monoisotopic (exact) mass is 452 g/mol. The molecule has 7 heteroatoms. The molecule has 174 valence electrons. The quantitative estimate of drug-likeness (QED) is 0.526. The molecule has 33 heavy (non-hydrogen) atoms. The second kappa shape index (κ2) is 10.1. The number of carbonyl (C=O) groups is 2. The molecule has 3 aromatic rings. The van der Waals surface area contributed by atoms with Crippen LogP contribution in [0.2, 0.25) is 0 Å². The number of nitrogens with one attached hydrogen (secondary N) is 1. The Bertz CT molecular complexity index is 1150. The van der Waals surface area contributed by atoms with E-state index in [1.54, 1.807) is 20.1 Å². The number of ether oxygens (including phenoxy) is 2. The van der Waals surface area contributed by atoms with Gasteiger partial charge in [0.1, 0.15) is 18.1 Å². The number of amides is 1. The van der Waals surface area contributed by atoms with Gasteiger partial charge in [-0.05, 0) is 74.1 Å². The number of nitrogens with zero attached hydrogens (tertiary/aromatic N) is 1. The lowest BCUT2D eigenvalue weighted by molar-refractivity contribution is -0.143. The number of rotatable bonds is 8. The third-order valence-electron chi connectivity index (χ3n) is 6.19. The maximum Gasteiger partial charge on any atom is 0.325 e. The van der Waals surface area contributed by atoms with E-state index in [4.69, 9.17) is 9.47 Å². The van der Waals surface area contributed by atoms with Crippen LogP contribution in [-0.2, 0) is 40.1 Å². The van der Waals surface area contributed by atoms with Crippen LogP contribution in [0.15, 0.2) is 42.5 Å². The van der Waals surface area contributed by atoms with Crippen molar-refractivity contribution in [1.29, 1.82) is 0 Å². The summed E-state index contributed by atoms with van der Waals surface area (Å²) in [5, 5.41) is 3.94. The molecular weight excluding hydrogens is 423 g/mol. The highest BCUT2D eigenvalue weighted by Crippen LogP contribution is 2.33. The summed E-state index contributed by atoms with van der Waals surface area (Å²) in [4.78, 5) is 24.8. The summed E-state index contributed by atoms with van der Waals surface area (Å²) in [5.41, 5.74) is 3.92. The van der Waals surface area contributed by atoms with Crippen LogP contribution in [0.4, 0.5) is 4.39 Å². The summed E-state index contributed by atoms with van der Waals surface area (Å²) in [5.74, 6) is 0.167. The molecule has 0 unspecified atom stereocenters. The topological polar surface area (TPSA) is 69.6 Å². The molecule has 1 amide bonds. The Kier molecular flexibility index (Phi) is 6.96. The van der Waals surface area contributed by atoms with Gasteiger partial charge in [0.2, 0.25) is 5.91 Å². The van der Waals surface area contributed by atoms with E-state index in [0.717, 1.165) is 39.9 Å². The molecule has 1 aliphatic rings. The number of carbonyl (C=O) groups excluding carboxylic acids is 2. The fourth-order valence-corrected chi connectivity index (χ4v) is 4.61. The van der Waals surface area contributed by atoms with Gasteiger partial charge in [0.05, 0.1) is 13.7 Å². The Labute approximate surface area is 192 Å². The Hall–Kier alpha value is -3.35. The molecule has 1 heterocycles. The zero-order chi connectivity index (χ0) is 23.4. The lowest BCUT2D eigenvalue weighted by Gasteiger charge is -2.25. The highest BCUT2D eigenvalue weighted by atomic mass is 19.1. The van der Waals surface area contributed by atoms with Crippen molar-refractivity contribution >= 4 is 22.8 Å². The number of halogens is 1. The number of methoxy groups -OCH3 is 1. The Morgan fingerprint density at radius 2 is 1.97 bits per heavy atom. The van der Waals surface area contributed by atoms with Crippen molar-refractivity contribution < 1.29 is 23.5 Å². The van der Waals surface area contributed by atoms with Crippen molar-refractivity contribution in [3.63, 3.8) is 0 Å². The lowest BCUT2D eigenvalue weighted by atomic mass is 9.91. The molecule has 1 atom stereocenters. The van der Waals surface area contributed by atoms with Gasteiger partial charge in [0.15, 0.2) is 0 Å². The van der Waals surface area contributed by atoms with Gasteiger partial charge < -0.3 is 19.4 Å². The average Bonchev–Trinajstić information content (AvgIpc) is 3.10. The number of fused-ring (bicyclic) bond motifs is 3. The highest BCUT2D eigenvalue weighted by molar-refractivity contribution is 5.87. The first kappa shape index (κ1) is 22.8. The summed E-state index contributed by atoms with van der Waals surface area (Å²) in [6, 6.07) is 12.3. The van der Waals surface area contributed by atoms with Crippen LogP contribution in [-0.4, -0.2) is 36.2 Å². The zero-order valence-electron chi connectivity index (χ0n) is 19.0. The van der Waals surface area contributed by atoms with Gasteiger partial charge >= 0.3 is 5.97 Å². The van der Waals surface area contributed by atoms with E-state index in [0.29, 0.717) is 32.3 Å². The minimum Gasteiger partial charge on any atom is -0.497 e. The van der Waals surface area contributed by atoms with Crippen molar-refractivity contribution in [3.05, 3.63) is 65.1 Å². The zero-order valence-corrected chi connectivity index (χ0v) is 19.0. The Balaban J connectivity index is 1.46. The fourth-order valence-electron chi connectivity index (χ4n) is 4.61. The van der Waals surface area contributed by atoms with Crippen LogP contribution in [0.1, 0.15) is 36.6 Å². The molecule has 0 aliphatic heterocycles. The van der Waals surface area contributed by atoms with Gasteiger partial charge in [-0.2, -0.15) is 0 Å². The average molecular weight is 453 g/mol. The van der Waals surface area contributed by atoms with E-state index in [1.165, 1.54) is 12.1 Å². The fraction of sp³-hybridized carbons (Fsp3) is 0.385. The second-order valence-corrected chi connectivity index (χ2v) is 8.33. The number of aromatic nitrogens is 1. The number of aryl methyl sites for hydroxylation is 1. The molecule has 0 fully saturated rings. The molecule has 0 spiro atoms. The summed E-state index contributed by atoms with van der Waals surface area (Å²) >= 11 is 0. The van der Waals surface area contributed by atoms with E-state index in [9.17, 15) is 14.0 Å². The molecule has 1 N–H and O–H groups in total. The largest absolute Gasteiger partial charge is 0.497 e. The van der Waals surface area contributed by atoms with E-state index >= 15 is 0 Å². The first-order valence-corrected chi connectivity index (χ1v) is 11.4. The third-order valence-corrected chi connectivity index (χ3v) is 6.19. The Morgan fingerprint density at radius 3 is 2.70 bits per heavy atom. The van der Waals surface area contributed by atoms with Crippen molar-refractivity contribution in [2.75, 3.05) is 13.7 Å². The molecule has 1 aliphatic carbocycles. The van der Waals surface area contributed by atoms with Crippen LogP contribution in [0, 0.1) is 5.82 Å². The van der Waals surface area contributed by atoms with E-state index < -0.39 is 0 Å². The summed E-state index contributed by atoms with van der Waals surface area (Å²) in [6.07, 6.45) is 3.13. The van der Waals surface area contributed by atoms with Crippen molar-refractivity contribution in [2.45, 2.75) is 51.6 Å². The van der Waals surface area contributed by atoms with Crippen molar-refractivity contribution in [2.24, 2.45) is 0 Å². The van der Waals surface area contributed by atoms with Gasteiger partial charge in [0.25, 0.3) is 0 Å². The second-order valence-electron chi connectivity index (χ2n) is 8.33. The molecule has 2 aromatic carbocycles. The van der Waals surface area contributed by atoms with Crippen LogP contribution in [0.3, 0.4) is 0 Å². The summed E-state index contributed by atoms with van der Waals surface area (Å²) in [7, 11) is 1.63. The number of benzene rings is 2. The van der Waals surface area contributed by atoms with Crippen molar-refractivity contribution in [3.8, 4) is 5.75 Å². The van der Waals surface area contributed by atoms with Gasteiger partial charge in [-0.3, -0.25) is 9.59 Å². The van der Waals surface area contributed by atoms with Crippen LogP contribution >= 0.6 is 0 Å². The minimum absolute atomic E-state index is 0.000658. The normalized spacial score (nSPS) is 15.2. The van der Waals surface area contributed by atoms with Crippen LogP contribution in [0.5, 0.6) is 5.75 Å².